The van der Waals surface area contributed by atoms with Gasteiger partial charge in [0, 0.05) is 37.9 Å². The van der Waals surface area contributed by atoms with E-state index in [2.05, 4.69) is 4.98 Å². The van der Waals surface area contributed by atoms with Crippen molar-refractivity contribution in [3.05, 3.63) is 49.1 Å². The summed E-state index contributed by atoms with van der Waals surface area (Å²) < 4.78 is 11.8. The van der Waals surface area contributed by atoms with E-state index >= 15 is 0 Å². The van der Waals surface area contributed by atoms with E-state index in [0.717, 1.165) is 0 Å². The number of aromatic amines is 1. The number of nitrogens with two attached hydrogens (primary N) is 1. The van der Waals surface area contributed by atoms with E-state index in [4.69, 9.17) is 38.4 Å². The number of nitrogen functional groups attached to an aromatic ring is 1. The monoisotopic (exact) mass is 472 g/mol. The first-order valence-electron chi connectivity index (χ1n) is 9.65. The second-order valence-corrected chi connectivity index (χ2v) is 8.10. The summed E-state index contributed by atoms with van der Waals surface area (Å²) in [5.74, 6) is -0.316. The maximum absolute atomic E-state index is 13.0. The third-order valence-corrected chi connectivity index (χ3v) is 4.85. The molecule has 9 nitrogen and oxygen atoms in total. The van der Waals surface area contributed by atoms with Crippen LogP contribution in [0, 0.1) is 5.92 Å². The zero-order chi connectivity index (χ0) is 23.1. The number of carbonyl (C=O) groups is 1. The second-order valence-electron chi connectivity index (χ2n) is 7.25. The van der Waals surface area contributed by atoms with Gasteiger partial charge in [0.1, 0.15) is 11.6 Å². The van der Waals surface area contributed by atoms with Gasteiger partial charge in [-0.1, -0.05) is 37.0 Å². The van der Waals surface area contributed by atoms with Gasteiger partial charge in [-0.05, 0) is 24.5 Å². The third-order valence-electron chi connectivity index (χ3n) is 4.31. The lowest BCUT2D eigenvalue weighted by molar-refractivity contribution is -0.120. The van der Waals surface area contributed by atoms with Crippen LogP contribution in [-0.2, 0) is 16.1 Å². The highest BCUT2D eigenvalue weighted by molar-refractivity contribution is 6.34. The molecule has 2 aromatic rings. The maximum atomic E-state index is 13.0. The number of anilines is 2. The Morgan fingerprint density at radius 3 is 2.65 bits per heavy atom. The van der Waals surface area contributed by atoms with E-state index in [1.807, 2.05) is 13.8 Å². The number of methoxy groups -OCH3 is 1. The lowest BCUT2D eigenvalue weighted by Gasteiger charge is -2.25. The van der Waals surface area contributed by atoms with Gasteiger partial charge in [0.25, 0.3) is 11.5 Å². The number of amides is 1. The molecular weight excluding hydrogens is 447 g/mol. The fraction of sp³-hybridized carbons (Fsp3) is 0.450. The molecule has 0 unspecified atom stereocenters. The van der Waals surface area contributed by atoms with Gasteiger partial charge in [0.05, 0.1) is 5.02 Å². The Morgan fingerprint density at radius 1 is 1.29 bits per heavy atom. The van der Waals surface area contributed by atoms with E-state index in [1.165, 1.54) is 22.6 Å². The van der Waals surface area contributed by atoms with Crippen LogP contribution in [0.3, 0.4) is 0 Å². The van der Waals surface area contributed by atoms with Crippen LogP contribution in [0.25, 0.3) is 0 Å². The highest BCUT2D eigenvalue weighted by atomic mass is 35.5. The van der Waals surface area contributed by atoms with Crippen LogP contribution < -0.4 is 26.6 Å². The minimum absolute atomic E-state index is 0.0877. The summed E-state index contributed by atoms with van der Waals surface area (Å²) in [6.07, 6.45) is 0.433. The van der Waals surface area contributed by atoms with Gasteiger partial charge < -0.3 is 20.1 Å². The topological polar surface area (TPSA) is 120 Å². The third kappa shape index (κ3) is 6.49. The van der Waals surface area contributed by atoms with Crippen molar-refractivity contribution in [1.82, 2.24) is 9.55 Å². The Kier molecular flexibility index (Phi) is 8.97. The predicted molar refractivity (Wildman–Crippen MR) is 121 cm³/mol. The van der Waals surface area contributed by atoms with Crippen molar-refractivity contribution in [3.8, 4) is 5.75 Å². The van der Waals surface area contributed by atoms with Crippen LogP contribution in [0.1, 0.15) is 20.3 Å². The number of hydrogen-bond acceptors (Lipinski definition) is 6. The molecule has 0 aliphatic carbocycles. The number of H-pyrrole nitrogens is 1. The van der Waals surface area contributed by atoms with Crippen LogP contribution in [0.5, 0.6) is 5.75 Å². The number of halogens is 2. The van der Waals surface area contributed by atoms with Gasteiger partial charge in [-0.15, -0.1) is 0 Å². The molecule has 0 saturated heterocycles. The molecule has 31 heavy (non-hydrogen) atoms. The molecule has 3 N–H and O–H groups in total. The van der Waals surface area contributed by atoms with E-state index in [9.17, 15) is 14.4 Å². The average molecular weight is 473 g/mol. The minimum atomic E-state index is -0.755. The highest BCUT2D eigenvalue weighted by Crippen LogP contribution is 2.28. The standard InChI is InChI=1S/C20H26Cl2N4O5/c1-12(2)10-26-18(23)17(19(28)24-20(26)29)25(7-4-8-30-3)16(27)11-31-15-9-13(21)5-6-14(15)22/h5-6,9,12H,4,7-8,10-11,23H2,1-3H3,(H,24,28,29). The normalized spacial score (nSPS) is 11.0. The van der Waals surface area contributed by atoms with E-state index in [1.54, 1.807) is 12.1 Å². The van der Waals surface area contributed by atoms with Crippen molar-refractivity contribution in [2.24, 2.45) is 5.92 Å². The lowest BCUT2D eigenvalue weighted by atomic mass is 10.2. The summed E-state index contributed by atoms with van der Waals surface area (Å²) in [5, 5.41) is 0.677. The second kappa shape index (κ2) is 11.2. The number of ether oxygens (including phenoxy) is 2. The van der Waals surface area contributed by atoms with Crippen LogP contribution in [0.4, 0.5) is 11.5 Å². The molecule has 0 radical (unpaired) electrons. The molecule has 0 aliphatic rings. The van der Waals surface area contributed by atoms with Gasteiger partial charge in [-0.2, -0.15) is 0 Å². The molecule has 0 fully saturated rings. The van der Waals surface area contributed by atoms with Gasteiger partial charge in [0.15, 0.2) is 12.3 Å². The zero-order valence-electron chi connectivity index (χ0n) is 17.6. The lowest BCUT2D eigenvalue weighted by Crippen LogP contribution is -2.43. The van der Waals surface area contributed by atoms with Crippen LogP contribution in [0.2, 0.25) is 10.0 Å². The Hall–Kier alpha value is -2.49. The number of rotatable bonds is 10. The quantitative estimate of drug-likeness (QED) is 0.512. The van der Waals surface area contributed by atoms with Crippen molar-refractivity contribution in [2.75, 3.05) is 37.5 Å². The van der Waals surface area contributed by atoms with Crippen molar-refractivity contribution in [2.45, 2.75) is 26.8 Å². The molecule has 0 atom stereocenters. The summed E-state index contributed by atoms with van der Waals surface area (Å²) in [6, 6.07) is 4.62. The number of aromatic nitrogens is 2. The number of nitrogens with zero attached hydrogens (tertiary/aromatic N) is 2. The molecule has 1 aromatic carbocycles. The molecule has 11 heteroatoms. The summed E-state index contributed by atoms with van der Waals surface area (Å²) in [6.45, 7) is 4.15. The van der Waals surface area contributed by atoms with Crippen molar-refractivity contribution >= 4 is 40.6 Å². The Balaban J connectivity index is 2.39. The fourth-order valence-corrected chi connectivity index (χ4v) is 3.25. The molecular formula is C20H26Cl2N4O5. The molecule has 1 amide bonds. The van der Waals surface area contributed by atoms with Gasteiger partial charge in [-0.25, -0.2) is 4.79 Å². The fourth-order valence-electron chi connectivity index (χ4n) is 2.92. The van der Waals surface area contributed by atoms with Crippen LogP contribution >= 0.6 is 23.2 Å². The summed E-state index contributed by atoms with van der Waals surface area (Å²) in [5.41, 5.74) is 4.67. The molecule has 0 spiro atoms. The minimum Gasteiger partial charge on any atom is -0.482 e. The van der Waals surface area contributed by atoms with Crippen molar-refractivity contribution < 1.29 is 14.3 Å². The average Bonchev–Trinajstić information content (AvgIpc) is 2.70. The zero-order valence-corrected chi connectivity index (χ0v) is 19.1. The van der Waals surface area contributed by atoms with E-state index < -0.39 is 23.8 Å². The first-order valence-corrected chi connectivity index (χ1v) is 10.4. The summed E-state index contributed by atoms with van der Waals surface area (Å²) in [7, 11) is 1.53. The molecule has 0 aliphatic heterocycles. The number of carbonyl (C=O) groups excluding carboxylic acids is 1. The molecule has 1 aromatic heterocycles. The molecule has 0 bridgehead atoms. The Labute approximate surface area is 189 Å². The first-order chi connectivity index (χ1) is 14.6. The van der Waals surface area contributed by atoms with Gasteiger partial charge >= 0.3 is 5.69 Å². The first kappa shape index (κ1) is 24.8. The van der Waals surface area contributed by atoms with Crippen LogP contribution in [0.15, 0.2) is 27.8 Å². The van der Waals surface area contributed by atoms with Crippen molar-refractivity contribution in [1.29, 1.82) is 0 Å². The molecule has 0 saturated carbocycles. The smallest absolute Gasteiger partial charge is 0.330 e. The highest BCUT2D eigenvalue weighted by Gasteiger charge is 2.25. The Morgan fingerprint density at radius 2 is 2.00 bits per heavy atom. The Bertz CT molecular complexity index is 1040. The number of nitrogens with one attached hydrogen (secondary N) is 1. The van der Waals surface area contributed by atoms with Gasteiger partial charge in [-0.3, -0.25) is 19.1 Å². The van der Waals surface area contributed by atoms with Crippen LogP contribution in [-0.4, -0.2) is 42.3 Å². The van der Waals surface area contributed by atoms with E-state index in [-0.39, 0.29) is 41.3 Å². The summed E-state index contributed by atoms with van der Waals surface area (Å²) in [4.78, 5) is 41.3. The summed E-state index contributed by atoms with van der Waals surface area (Å²) >= 11 is 12.0. The number of hydrogen-bond donors (Lipinski definition) is 2. The van der Waals surface area contributed by atoms with E-state index in [0.29, 0.717) is 18.1 Å². The largest absolute Gasteiger partial charge is 0.482 e. The van der Waals surface area contributed by atoms with Crippen molar-refractivity contribution in [3.63, 3.8) is 0 Å². The SMILES string of the molecule is COCCCN(C(=O)COc1cc(Cl)ccc1Cl)c1c(N)n(CC(C)C)c(=O)[nH]c1=O. The number of benzene rings is 1. The molecule has 1 heterocycles. The molecule has 170 valence electrons. The maximum Gasteiger partial charge on any atom is 0.330 e. The molecule has 2 rings (SSSR count). The predicted octanol–water partition coefficient (Wildman–Crippen LogP) is 2.53. The van der Waals surface area contributed by atoms with Gasteiger partial charge in [0.2, 0.25) is 0 Å².